The first-order valence-corrected chi connectivity index (χ1v) is 6.93. The van der Waals surface area contributed by atoms with Crippen molar-refractivity contribution >= 4 is 17.5 Å². The molecule has 1 aliphatic heterocycles. The summed E-state index contributed by atoms with van der Waals surface area (Å²) in [6.45, 7) is 2.44. The van der Waals surface area contributed by atoms with Crippen LogP contribution in [0.25, 0.3) is 0 Å². The van der Waals surface area contributed by atoms with Crippen LogP contribution in [0.1, 0.15) is 18.9 Å². The highest BCUT2D eigenvalue weighted by Crippen LogP contribution is 2.29. The zero-order chi connectivity index (χ0) is 14.5. The average Bonchev–Trinajstić information content (AvgIpc) is 2.47. The number of nitrogens with zero attached hydrogens (tertiary/aromatic N) is 1. The van der Waals surface area contributed by atoms with E-state index in [9.17, 15) is 9.59 Å². The van der Waals surface area contributed by atoms with Crippen molar-refractivity contribution in [3.05, 3.63) is 29.8 Å². The van der Waals surface area contributed by atoms with Gasteiger partial charge in [-0.2, -0.15) is 0 Å². The summed E-state index contributed by atoms with van der Waals surface area (Å²) in [7, 11) is 1.55. The van der Waals surface area contributed by atoms with Crippen molar-refractivity contribution in [3.63, 3.8) is 0 Å². The molecule has 1 atom stereocenters. The van der Waals surface area contributed by atoms with E-state index in [-0.39, 0.29) is 24.9 Å². The topological polar surface area (TPSA) is 61.4 Å². The van der Waals surface area contributed by atoms with Crippen molar-refractivity contribution in [2.45, 2.75) is 25.8 Å². The van der Waals surface area contributed by atoms with Crippen LogP contribution in [0.5, 0.6) is 0 Å². The third-order valence-electron chi connectivity index (χ3n) is 3.70. The predicted octanol–water partition coefficient (Wildman–Crippen LogP) is 0.690. The van der Waals surface area contributed by atoms with E-state index >= 15 is 0 Å². The number of hydrogen-bond acceptors (Lipinski definition) is 3. The monoisotopic (exact) mass is 275 g/mol. The fraction of sp³-hybridized carbons (Fsp3) is 0.467. The SMILES string of the molecule is CNC(=O)CNC(=O)CN1c2ccccc2CC[C@H]1C. The maximum Gasteiger partial charge on any atom is 0.239 e. The average molecular weight is 275 g/mol. The molecule has 0 aromatic heterocycles. The Morgan fingerprint density at radius 3 is 2.80 bits per heavy atom. The molecule has 2 rings (SSSR count). The molecule has 0 saturated carbocycles. The number of carbonyl (C=O) groups is 2. The van der Waals surface area contributed by atoms with Gasteiger partial charge in [-0.1, -0.05) is 18.2 Å². The van der Waals surface area contributed by atoms with E-state index in [1.54, 1.807) is 7.05 Å². The normalized spacial score (nSPS) is 17.3. The fourth-order valence-electron chi connectivity index (χ4n) is 2.48. The first-order valence-electron chi connectivity index (χ1n) is 6.93. The lowest BCUT2D eigenvalue weighted by atomic mass is 9.97. The maximum atomic E-state index is 12.0. The van der Waals surface area contributed by atoms with Crippen LogP contribution in [-0.4, -0.2) is 38.0 Å². The van der Waals surface area contributed by atoms with E-state index in [0.717, 1.165) is 18.5 Å². The number of rotatable bonds is 4. The molecule has 20 heavy (non-hydrogen) atoms. The number of likely N-dealkylation sites (N-methyl/N-ethyl adjacent to an activating group) is 1. The molecule has 0 radical (unpaired) electrons. The molecule has 108 valence electrons. The zero-order valence-electron chi connectivity index (χ0n) is 12.0. The maximum absolute atomic E-state index is 12.0. The minimum Gasteiger partial charge on any atom is -0.359 e. The Labute approximate surface area is 119 Å². The van der Waals surface area contributed by atoms with Gasteiger partial charge in [0.25, 0.3) is 0 Å². The minimum atomic E-state index is -0.189. The second-order valence-corrected chi connectivity index (χ2v) is 5.09. The number of hydrogen-bond donors (Lipinski definition) is 2. The molecule has 1 aromatic rings. The van der Waals surface area contributed by atoms with Crippen LogP contribution in [0.15, 0.2) is 24.3 Å². The number of aryl methyl sites for hydroxylation is 1. The Balaban J connectivity index is 2.01. The van der Waals surface area contributed by atoms with Crippen LogP contribution in [0.2, 0.25) is 0 Å². The van der Waals surface area contributed by atoms with Gasteiger partial charge in [-0.05, 0) is 31.4 Å². The molecule has 0 spiro atoms. The number of amides is 2. The molecule has 0 bridgehead atoms. The summed E-state index contributed by atoms with van der Waals surface area (Å²) >= 11 is 0. The largest absolute Gasteiger partial charge is 0.359 e. The van der Waals surface area contributed by atoms with Crippen molar-refractivity contribution in [3.8, 4) is 0 Å². The van der Waals surface area contributed by atoms with Gasteiger partial charge in [0, 0.05) is 18.8 Å². The molecule has 1 aliphatic rings. The second kappa shape index (κ2) is 6.41. The van der Waals surface area contributed by atoms with Crippen LogP contribution in [0, 0.1) is 0 Å². The van der Waals surface area contributed by atoms with Crippen molar-refractivity contribution in [1.82, 2.24) is 10.6 Å². The van der Waals surface area contributed by atoms with Gasteiger partial charge in [-0.3, -0.25) is 9.59 Å². The van der Waals surface area contributed by atoms with Gasteiger partial charge in [0.15, 0.2) is 0 Å². The molecule has 0 saturated heterocycles. The van der Waals surface area contributed by atoms with E-state index in [2.05, 4.69) is 34.6 Å². The molecule has 2 N–H and O–H groups in total. The highest BCUT2D eigenvalue weighted by molar-refractivity contribution is 5.87. The van der Waals surface area contributed by atoms with E-state index in [1.807, 2.05) is 12.1 Å². The number of carbonyl (C=O) groups excluding carboxylic acids is 2. The van der Waals surface area contributed by atoms with E-state index in [4.69, 9.17) is 0 Å². The van der Waals surface area contributed by atoms with Crippen LogP contribution < -0.4 is 15.5 Å². The van der Waals surface area contributed by atoms with Crippen LogP contribution in [0.3, 0.4) is 0 Å². The fourth-order valence-corrected chi connectivity index (χ4v) is 2.48. The Morgan fingerprint density at radius 1 is 1.30 bits per heavy atom. The molecule has 0 aliphatic carbocycles. The summed E-state index contributed by atoms with van der Waals surface area (Å²) in [5.41, 5.74) is 2.41. The first-order chi connectivity index (χ1) is 9.61. The van der Waals surface area contributed by atoms with E-state index in [1.165, 1.54) is 5.56 Å². The highest BCUT2D eigenvalue weighted by Gasteiger charge is 2.24. The van der Waals surface area contributed by atoms with Gasteiger partial charge < -0.3 is 15.5 Å². The Kier molecular flexibility index (Phi) is 4.61. The molecular weight excluding hydrogens is 254 g/mol. The molecule has 1 aromatic carbocycles. The minimum absolute atomic E-state index is 0.0270. The summed E-state index contributed by atoms with van der Waals surface area (Å²) in [6, 6.07) is 8.51. The van der Waals surface area contributed by atoms with Crippen LogP contribution in [0.4, 0.5) is 5.69 Å². The lowest BCUT2D eigenvalue weighted by molar-refractivity contribution is -0.125. The number of benzene rings is 1. The third kappa shape index (κ3) is 3.29. The summed E-state index contributed by atoms with van der Waals surface area (Å²) in [6.07, 6.45) is 2.09. The van der Waals surface area contributed by atoms with Crippen molar-refractivity contribution in [2.24, 2.45) is 0 Å². The Bertz CT molecular complexity index is 502. The number of fused-ring (bicyclic) bond motifs is 1. The quantitative estimate of drug-likeness (QED) is 0.850. The van der Waals surface area contributed by atoms with Gasteiger partial charge in [0.2, 0.25) is 11.8 Å². The standard InChI is InChI=1S/C15H21N3O2/c1-11-7-8-12-5-3-4-6-13(12)18(11)10-15(20)17-9-14(19)16-2/h3-6,11H,7-10H2,1-2H3,(H,16,19)(H,17,20)/t11-/m1/s1. The van der Waals surface area contributed by atoms with Gasteiger partial charge in [0.05, 0.1) is 13.1 Å². The molecule has 1 heterocycles. The molecular formula is C15H21N3O2. The third-order valence-corrected chi connectivity index (χ3v) is 3.70. The van der Waals surface area contributed by atoms with Crippen LogP contribution in [-0.2, 0) is 16.0 Å². The summed E-state index contributed by atoms with van der Waals surface area (Å²) in [5.74, 6) is -0.317. The summed E-state index contributed by atoms with van der Waals surface area (Å²) in [4.78, 5) is 25.2. The van der Waals surface area contributed by atoms with Gasteiger partial charge in [-0.25, -0.2) is 0 Å². The molecule has 0 unspecified atom stereocenters. The lowest BCUT2D eigenvalue weighted by Crippen LogP contribution is -2.46. The summed E-state index contributed by atoms with van der Waals surface area (Å²) in [5, 5.41) is 5.12. The first kappa shape index (κ1) is 14.4. The molecule has 5 nitrogen and oxygen atoms in total. The van der Waals surface area contributed by atoms with Crippen LogP contribution >= 0.6 is 0 Å². The smallest absolute Gasteiger partial charge is 0.239 e. The van der Waals surface area contributed by atoms with Gasteiger partial charge >= 0.3 is 0 Å². The Morgan fingerprint density at radius 2 is 2.05 bits per heavy atom. The molecule has 5 heteroatoms. The summed E-state index contributed by atoms with van der Waals surface area (Å²) < 4.78 is 0. The zero-order valence-corrected chi connectivity index (χ0v) is 12.0. The lowest BCUT2D eigenvalue weighted by Gasteiger charge is -2.36. The van der Waals surface area contributed by atoms with E-state index in [0.29, 0.717) is 6.04 Å². The molecule has 0 fully saturated rings. The molecule has 2 amide bonds. The number of para-hydroxylation sites is 1. The number of nitrogens with one attached hydrogen (secondary N) is 2. The van der Waals surface area contributed by atoms with Crippen molar-refractivity contribution in [1.29, 1.82) is 0 Å². The highest BCUT2D eigenvalue weighted by atomic mass is 16.2. The second-order valence-electron chi connectivity index (χ2n) is 5.09. The number of anilines is 1. The van der Waals surface area contributed by atoms with E-state index < -0.39 is 0 Å². The van der Waals surface area contributed by atoms with Crippen molar-refractivity contribution < 1.29 is 9.59 Å². The predicted molar refractivity (Wildman–Crippen MR) is 78.6 cm³/mol. The van der Waals surface area contributed by atoms with Crippen molar-refractivity contribution in [2.75, 3.05) is 25.0 Å². The van der Waals surface area contributed by atoms with Gasteiger partial charge in [-0.15, -0.1) is 0 Å². The van der Waals surface area contributed by atoms with Gasteiger partial charge in [0.1, 0.15) is 0 Å². The Hall–Kier alpha value is -2.04.